The summed E-state index contributed by atoms with van der Waals surface area (Å²) in [5, 5.41) is 9.07. The molecule has 18 heavy (non-hydrogen) atoms. The average molecular weight is 308 g/mol. The average Bonchev–Trinajstić information content (AvgIpc) is 2.92. The Morgan fingerprint density at radius 2 is 2.17 bits per heavy atom. The number of fused-ring (bicyclic) bond motifs is 1. The number of para-hydroxylation sites is 1. The van der Waals surface area contributed by atoms with Gasteiger partial charge >= 0.3 is 5.97 Å². The number of rotatable bonds is 2. The third kappa shape index (κ3) is 1.62. The van der Waals surface area contributed by atoms with E-state index in [1.54, 1.807) is 18.2 Å². The Labute approximate surface area is 109 Å². The monoisotopic (exact) mass is 307 g/mol. The van der Waals surface area contributed by atoms with Gasteiger partial charge in [-0.15, -0.1) is 0 Å². The molecule has 0 aliphatic carbocycles. The molecular weight excluding hydrogens is 302 g/mol. The first kappa shape index (κ1) is 11.0. The van der Waals surface area contributed by atoms with Gasteiger partial charge in [0.2, 0.25) is 5.89 Å². The molecule has 0 saturated heterocycles. The van der Waals surface area contributed by atoms with Crippen molar-refractivity contribution in [3.05, 3.63) is 40.8 Å². The van der Waals surface area contributed by atoms with Gasteiger partial charge in [0, 0.05) is 0 Å². The molecular formula is C12H6BrNO4. The molecule has 5 nitrogen and oxygen atoms in total. The van der Waals surface area contributed by atoms with Gasteiger partial charge in [0.25, 0.3) is 0 Å². The van der Waals surface area contributed by atoms with E-state index >= 15 is 0 Å². The molecule has 0 radical (unpaired) electrons. The molecule has 0 aliphatic heterocycles. The van der Waals surface area contributed by atoms with Crippen LogP contribution < -0.4 is 0 Å². The summed E-state index contributed by atoms with van der Waals surface area (Å²) in [5.41, 5.74) is 1.51. The van der Waals surface area contributed by atoms with Gasteiger partial charge in [0.1, 0.15) is 5.52 Å². The number of carbonyl (C=O) groups is 1. The maximum atomic E-state index is 11.1. The Balaban J connectivity index is 2.26. The Morgan fingerprint density at radius 1 is 1.33 bits per heavy atom. The van der Waals surface area contributed by atoms with Gasteiger partial charge in [-0.1, -0.05) is 6.07 Å². The third-order valence-electron chi connectivity index (χ3n) is 2.50. The summed E-state index contributed by atoms with van der Waals surface area (Å²) in [5.74, 6) is -0.717. The van der Waals surface area contributed by atoms with E-state index in [0.717, 1.165) is 0 Å². The Bertz CT molecular complexity index is 743. The van der Waals surface area contributed by atoms with Gasteiger partial charge in [0.15, 0.2) is 10.3 Å². The fraction of sp³-hybridized carbons (Fsp3) is 0. The summed E-state index contributed by atoms with van der Waals surface area (Å²) in [6, 6.07) is 6.47. The lowest BCUT2D eigenvalue weighted by molar-refractivity contribution is 0.0699. The fourth-order valence-electron chi connectivity index (χ4n) is 1.68. The predicted octanol–water partition coefficient (Wildman–Crippen LogP) is 3.55. The highest BCUT2D eigenvalue weighted by atomic mass is 79.9. The summed E-state index contributed by atoms with van der Waals surface area (Å²) in [7, 11) is 0. The van der Waals surface area contributed by atoms with Crippen LogP contribution in [0.2, 0.25) is 0 Å². The van der Waals surface area contributed by atoms with E-state index in [-0.39, 0.29) is 5.56 Å². The zero-order valence-electron chi connectivity index (χ0n) is 8.88. The van der Waals surface area contributed by atoms with Crippen LogP contribution in [-0.4, -0.2) is 16.1 Å². The van der Waals surface area contributed by atoms with E-state index in [2.05, 4.69) is 20.9 Å². The van der Waals surface area contributed by atoms with Crippen LogP contribution in [0.4, 0.5) is 0 Å². The second-order valence-corrected chi connectivity index (χ2v) is 4.30. The molecule has 0 saturated carbocycles. The van der Waals surface area contributed by atoms with E-state index < -0.39 is 5.97 Å². The van der Waals surface area contributed by atoms with Crippen LogP contribution in [0.15, 0.2) is 44.0 Å². The van der Waals surface area contributed by atoms with Gasteiger partial charge in [-0.2, -0.15) is 0 Å². The van der Waals surface area contributed by atoms with Crippen LogP contribution in [0.5, 0.6) is 0 Å². The zero-order chi connectivity index (χ0) is 12.7. The number of nitrogens with zero attached hydrogens (tertiary/aromatic N) is 1. The molecule has 1 N–H and O–H groups in total. The van der Waals surface area contributed by atoms with E-state index in [0.29, 0.717) is 27.2 Å². The molecule has 2 heterocycles. The number of oxazole rings is 1. The van der Waals surface area contributed by atoms with Crippen LogP contribution in [0.1, 0.15) is 10.4 Å². The first-order valence-corrected chi connectivity index (χ1v) is 5.82. The highest BCUT2D eigenvalue weighted by Crippen LogP contribution is 2.31. The number of carboxylic acids is 1. The minimum Gasteiger partial charge on any atom is -0.478 e. The second-order valence-electron chi connectivity index (χ2n) is 3.58. The summed E-state index contributed by atoms with van der Waals surface area (Å²) in [6.07, 6.45) is 1.49. The number of benzene rings is 1. The minimum absolute atomic E-state index is 0.113. The number of carboxylic acid groups (broad SMARTS) is 1. The number of halogens is 1. The SMILES string of the molecule is O=C(O)c1cccc2oc(-c3ccoc3Br)nc12. The van der Waals surface area contributed by atoms with Crippen molar-refractivity contribution < 1.29 is 18.7 Å². The highest BCUT2D eigenvalue weighted by Gasteiger charge is 2.17. The van der Waals surface area contributed by atoms with Gasteiger partial charge < -0.3 is 13.9 Å². The third-order valence-corrected chi connectivity index (χ3v) is 3.11. The predicted molar refractivity (Wildman–Crippen MR) is 66.4 cm³/mol. The minimum atomic E-state index is -1.04. The maximum Gasteiger partial charge on any atom is 0.338 e. The molecule has 0 spiro atoms. The van der Waals surface area contributed by atoms with Gasteiger partial charge in [-0.25, -0.2) is 9.78 Å². The van der Waals surface area contributed by atoms with E-state index in [1.165, 1.54) is 12.3 Å². The zero-order valence-corrected chi connectivity index (χ0v) is 10.5. The topological polar surface area (TPSA) is 76.5 Å². The summed E-state index contributed by atoms with van der Waals surface area (Å²) in [6.45, 7) is 0. The van der Waals surface area contributed by atoms with Crippen LogP contribution in [0, 0.1) is 0 Å². The molecule has 0 bridgehead atoms. The summed E-state index contributed by atoms with van der Waals surface area (Å²) >= 11 is 3.22. The normalized spacial score (nSPS) is 10.9. The van der Waals surface area contributed by atoms with Crippen molar-refractivity contribution in [3.8, 4) is 11.5 Å². The fourth-order valence-corrected chi connectivity index (χ4v) is 2.09. The van der Waals surface area contributed by atoms with Crippen molar-refractivity contribution in [2.45, 2.75) is 0 Å². The molecule has 0 unspecified atom stereocenters. The lowest BCUT2D eigenvalue weighted by atomic mass is 10.2. The molecule has 3 aromatic rings. The lowest BCUT2D eigenvalue weighted by Gasteiger charge is -1.92. The van der Waals surface area contributed by atoms with Crippen LogP contribution in [0.3, 0.4) is 0 Å². The van der Waals surface area contributed by atoms with Crippen molar-refractivity contribution in [2.75, 3.05) is 0 Å². The van der Waals surface area contributed by atoms with E-state index in [4.69, 9.17) is 13.9 Å². The van der Waals surface area contributed by atoms with Crippen molar-refractivity contribution in [2.24, 2.45) is 0 Å². The van der Waals surface area contributed by atoms with E-state index in [9.17, 15) is 4.79 Å². The molecule has 0 aliphatic rings. The number of aromatic carboxylic acids is 1. The molecule has 1 aromatic carbocycles. The second kappa shape index (κ2) is 3.99. The van der Waals surface area contributed by atoms with Crippen LogP contribution in [-0.2, 0) is 0 Å². The number of hydrogen-bond donors (Lipinski definition) is 1. The Hall–Kier alpha value is -2.08. The first-order valence-electron chi connectivity index (χ1n) is 5.03. The summed E-state index contributed by atoms with van der Waals surface area (Å²) in [4.78, 5) is 15.3. The van der Waals surface area contributed by atoms with E-state index in [1.807, 2.05) is 0 Å². The Morgan fingerprint density at radius 3 is 2.83 bits per heavy atom. The molecule has 2 aromatic heterocycles. The van der Waals surface area contributed by atoms with Crippen LogP contribution in [0.25, 0.3) is 22.6 Å². The number of aromatic nitrogens is 1. The smallest absolute Gasteiger partial charge is 0.338 e. The van der Waals surface area contributed by atoms with Crippen molar-refractivity contribution in [1.82, 2.24) is 4.98 Å². The number of furan rings is 1. The molecule has 0 amide bonds. The van der Waals surface area contributed by atoms with Crippen LogP contribution >= 0.6 is 15.9 Å². The highest BCUT2D eigenvalue weighted by molar-refractivity contribution is 9.10. The molecule has 6 heteroatoms. The summed E-state index contributed by atoms with van der Waals surface area (Å²) < 4.78 is 11.1. The Kier molecular flexibility index (Phi) is 2.45. The van der Waals surface area contributed by atoms with Crippen molar-refractivity contribution in [1.29, 1.82) is 0 Å². The van der Waals surface area contributed by atoms with Gasteiger partial charge in [0.05, 0.1) is 17.4 Å². The van der Waals surface area contributed by atoms with Gasteiger partial charge in [-0.05, 0) is 34.1 Å². The lowest BCUT2D eigenvalue weighted by Crippen LogP contribution is -1.96. The largest absolute Gasteiger partial charge is 0.478 e. The first-order chi connectivity index (χ1) is 8.66. The molecule has 0 fully saturated rings. The maximum absolute atomic E-state index is 11.1. The molecule has 90 valence electrons. The van der Waals surface area contributed by atoms with Gasteiger partial charge in [-0.3, -0.25) is 0 Å². The van der Waals surface area contributed by atoms with Crippen molar-refractivity contribution in [3.63, 3.8) is 0 Å². The number of hydrogen-bond acceptors (Lipinski definition) is 4. The quantitative estimate of drug-likeness (QED) is 0.783. The van der Waals surface area contributed by atoms with Crippen molar-refractivity contribution >= 4 is 33.0 Å². The standard InChI is InChI=1S/C12H6BrNO4/c13-10-7(4-5-17-10)11-14-9-6(12(15)16)2-1-3-8(9)18-11/h1-5H,(H,15,16). The molecule has 0 atom stereocenters. The molecule has 3 rings (SSSR count).